The summed E-state index contributed by atoms with van der Waals surface area (Å²) in [7, 11) is 0. The molecule has 92 valence electrons. The fraction of sp³-hybridized carbons (Fsp3) is 0.273. The molecule has 1 fully saturated rings. The van der Waals surface area contributed by atoms with Gasteiger partial charge in [0.1, 0.15) is 0 Å². The number of aromatic nitrogens is 3. The molecule has 0 saturated heterocycles. The van der Waals surface area contributed by atoms with E-state index in [1.54, 1.807) is 16.7 Å². The molecule has 1 aliphatic rings. The Kier molecular flexibility index (Phi) is 2.26. The average molecular weight is 246 g/mol. The van der Waals surface area contributed by atoms with Crippen molar-refractivity contribution < 1.29 is 4.92 Å². The highest BCUT2D eigenvalue weighted by molar-refractivity contribution is 5.59. The number of rotatable bonds is 3. The zero-order valence-corrected chi connectivity index (χ0v) is 9.37. The van der Waals surface area contributed by atoms with Gasteiger partial charge in [0.15, 0.2) is 5.82 Å². The number of H-pyrrole nitrogens is 1. The lowest BCUT2D eigenvalue weighted by molar-refractivity contribution is -0.384. The first-order valence-electron chi connectivity index (χ1n) is 5.58. The number of aromatic amines is 1. The number of nitro benzene ring substituents is 1. The summed E-state index contributed by atoms with van der Waals surface area (Å²) in [5, 5.41) is 17.1. The Morgan fingerprint density at radius 1 is 1.44 bits per heavy atom. The SMILES string of the molecule is O=c1[nH]nc(-c2cccc([N+](=O)[O-])c2)n1C1CC1. The number of non-ortho nitro benzene ring substituents is 1. The van der Waals surface area contributed by atoms with Crippen molar-refractivity contribution in [2.45, 2.75) is 18.9 Å². The molecule has 3 rings (SSSR count). The molecule has 7 heteroatoms. The monoisotopic (exact) mass is 246 g/mol. The summed E-state index contributed by atoms with van der Waals surface area (Å²) >= 11 is 0. The third kappa shape index (κ3) is 1.69. The summed E-state index contributed by atoms with van der Waals surface area (Å²) in [5.74, 6) is 0.464. The second kappa shape index (κ2) is 3.80. The van der Waals surface area contributed by atoms with E-state index in [-0.39, 0.29) is 17.4 Å². The molecule has 2 aromatic rings. The van der Waals surface area contributed by atoms with Crippen molar-refractivity contribution in [2.24, 2.45) is 0 Å². The van der Waals surface area contributed by atoms with Gasteiger partial charge in [0.05, 0.1) is 4.92 Å². The van der Waals surface area contributed by atoms with E-state index in [0.29, 0.717) is 11.4 Å². The second-order valence-electron chi connectivity index (χ2n) is 4.26. The summed E-state index contributed by atoms with van der Waals surface area (Å²) in [6.07, 6.45) is 1.89. The van der Waals surface area contributed by atoms with Gasteiger partial charge < -0.3 is 0 Å². The average Bonchev–Trinajstić information content (AvgIpc) is 3.12. The van der Waals surface area contributed by atoms with E-state index in [1.807, 2.05) is 0 Å². The minimum absolute atomic E-state index is 0.00899. The van der Waals surface area contributed by atoms with Gasteiger partial charge in [-0.3, -0.25) is 14.7 Å². The van der Waals surface area contributed by atoms with Crippen LogP contribution in [0.15, 0.2) is 29.1 Å². The molecule has 1 saturated carbocycles. The highest BCUT2D eigenvalue weighted by atomic mass is 16.6. The van der Waals surface area contributed by atoms with Crippen LogP contribution in [0.25, 0.3) is 11.4 Å². The van der Waals surface area contributed by atoms with Gasteiger partial charge in [0.25, 0.3) is 5.69 Å². The van der Waals surface area contributed by atoms with Gasteiger partial charge in [0, 0.05) is 23.7 Å². The van der Waals surface area contributed by atoms with Crippen molar-refractivity contribution >= 4 is 5.69 Å². The van der Waals surface area contributed by atoms with Crippen LogP contribution in [-0.2, 0) is 0 Å². The predicted octanol–water partition coefficient (Wildman–Crippen LogP) is 1.48. The Hall–Kier alpha value is -2.44. The lowest BCUT2D eigenvalue weighted by atomic mass is 10.2. The molecule has 0 amide bonds. The Balaban J connectivity index is 2.12. The third-order valence-electron chi connectivity index (χ3n) is 2.93. The molecule has 1 heterocycles. The molecule has 0 spiro atoms. The van der Waals surface area contributed by atoms with Crippen LogP contribution in [0.5, 0.6) is 0 Å². The highest BCUT2D eigenvalue weighted by Gasteiger charge is 2.29. The van der Waals surface area contributed by atoms with Gasteiger partial charge >= 0.3 is 5.69 Å². The number of nitrogens with zero attached hydrogens (tertiary/aromatic N) is 3. The molecule has 1 N–H and O–H groups in total. The van der Waals surface area contributed by atoms with Crippen LogP contribution in [0.2, 0.25) is 0 Å². The Labute approximate surface area is 101 Å². The molecular weight excluding hydrogens is 236 g/mol. The van der Waals surface area contributed by atoms with Crippen LogP contribution in [0.4, 0.5) is 5.69 Å². The molecule has 1 aliphatic carbocycles. The molecule has 0 bridgehead atoms. The maximum atomic E-state index is 11.6. The van der Waals surface area contributed by atoms with Crippen molar-refractivity contribution in [1.82, 2.24) is 14.8 Å². The Bertz CT molecular complexity index is 669. The van der Waals surface area contributed by atoms with Gasteiger partial charge in [-0.1, -0.05) is 12.1 Å². The van der Waals surface area contributed by atoms with E-state index in [4.69, 9.17) is 0 Å². The lowest BCUT2D eigenvalue weighted by Crippen LogP contribution is -2.16. The summed E-state index contributed by atoms with van der Waals surface area (Å²) in [4.78, 5) is 21.9. The number of nitro groups is 1. The summed E-state index contributed by atoms with van der Waals surface area (Å²) in [5.41, 5.74) is 0.304. The molecule has 7 nitrogen and oxygen atoms in total. The minimum atomic E-state index is -0.463. The highest BCUT2D eigenvalue weighted by Crippen LogP contribution is 2.36. The van der Waals surface area contributed by atoms with Crippen LogP contribution in [-0.4, -0.2) is 19.7 Å². The topological polar surface area (TPSA) is 93.8 Å². The maximum absolute atomic E-state index is 11.6. The predicted molar refractivity (Wildman–Crippen MR) is 63.2 cm³/mol. The largest absolute Gasteiger partial charge is 0.343 e. The van der Waals surface area contributed by atoms with E-state index in [2.05, 4.69) is 10.2 Å². The molecule has 0 aliphatic heterocycles. The van der Waals surface area contributed by atoms with Crippen LogP contribution < -0.4 is 5.69 Å². The van der Waals surface area contributed by atoms with Crippen LogP contribution in [0.1, 0.15) is 18.9 Å². The first-order chi connectivity index (χ1) is 8.66. The van der Waals surface area contributed by atoms with Crippen molar-refractivity contribution in [1.29, 1.82) is 0 Å². The van der Waals surface area contributed by atoms with Crippen LogP contribution in [0, 0.1) is 10.1 Å². The van der Waals surface area contributed by atoms with Gasteiger partial charge in [0.2, 0.25) is 0 Å². The lowest BCUT2D eigenvalue weighted by Gasteiger charge is -2.03. The first kappa shape index (κ1) is 10.7. The summed E-state index contributed by atoms with van der Waals surface area (Å²) in [6, 6.07) is 6.31. The zero-order chi connectivity index (χ0) is 12.7. The third-order valence-corrected chi connectivity index (χ3v) is 2.93. The normalized spacial score (nSPS) is 14.7. The van der Waals surface area contributed by atoms with Crippen LogP contribution in [0.3, 0.4) is 0 Å². The Morgan fingerprint density at radius 2 is 2.22 bits per heavy atom. The van der Waals surface area contributed by atoms with E-state index in [1.165, 1.54) is 12.1 Å². The molecule has 1 aromatic heterocycles. The van der Waals surface area contributed by atoms with Gasteiger partial charge in [-0.2, -0.15) is 5.10 Å². The van der Waals surface area contributed by atoms with Crippen molar-refractivity contribution in [3.8, 4) is 11.4 Å². The number of hydrogen-bond acceptors (Lipinski definition) is 4. The van der Waals surface area contributed by atoms with Crippen LogP contribution >= 0.6 is 0 Å². The van der Waals surface area contributed by atoms with Crippen molar-refractivity contribution in [3.05, 3.63) is 44.9 Å². The minimum Gasteiger partial charge on any atom is -0.272 e. The zero-order valence-electron chi connectivity index (χ0n) is 9.37. The summed E-state index contributed by atoms with van der Waals surface area (Å²) in [6.45, 7) is 0. The van der Waals surface area contributed by atoms with E-state index < -0.39 is 4.92 Å². The molecule has 1 aromatic carbocycles. The maximum Gasteiger partial charge on any atom is 0.343 e. The van der Waals surface area contributed by atoms with Gasteiger partial charge in [-0.05, 0) is 12.8 Å². The van der Waals surface area contributed by atoms with Crippen molar-refractivity contribution in [2.75, 3.05) is 0 Å². The number of nitrogens with one attached hydrogen (secondary N) is 1. The van der Waals surface area contributed by atoms with E-state index in [9.17, 15) is 14.9 Å². The van der Waals surface area contributed by atoms with Crippen molar-refractivity contribution in [3.63, 3.8) is 0 Å². The first-order valence-corrected chi connectivity index (χ1v) is 5.58. The summed E-state index contributed by atoms with van der Waals surface area (Å²) < 4.78 is 1.57. The fourth-order valence-corrected chi connectivity index (χ4v) is 1.94. The van der Waals surface area contributed by atoms with Gasteiger partial charge in [-0.25, -0.2) is 9.89 Å². The number of benzene rings is 1. The molecule has 0 unspecified atom stereocenters. The van der Waals surface area contributed by atoms with E-state index in [0.717, 1.165) is 12.8 Å². The fourth-order valence-electron chi connectivity index (χ4n) is 1.94. The van der Waals surface area contributed by atoms with Gasteiger partial charge in [-0.15, -0.1) is 0 Å². The molecule has 0 radical (unpaired) electrons. The standard InChI is InChI=1S/C11H10N4O3/c16-11-13-12-10(14(11)8-4-5-8)7-2-1-3-9(6-7)15(17)18/h1-3,6,8H,4-5H2,(H,13,16). The second-order valence-corrected chi connectivity index (χ2v) is 4.26. The number of hydrogen-bond donors (Lipinski definition) is 1. The Morgan fingerprint density at radius 3 is 2.89 bits per heavy atom. The molecule has 0 atom stereocenters. The smallest absolute Gasteiger partial charge is 0.272 e. The quantitative estimate of drug-likeness (QED) is 0.655. The van der Waals surface area contributed by atoms with E-state index >= 15 is 0 Å². The molecule has 18 heavy (non-hydrogen) atoms. The molecular formula is C11H10N4O3.